The van der Waals surface area contributed by atoms with Crippen molar-refractivity contribution < 1.29 is 33.6 Å². The van der Waals surface area contributed by atoms with Crippen molar-refractivity contribution >= 4 is 17.4 Å². The van der Waals surface area contributed by atoms with Gasteiger partial charge in [0, 0.05) is 12.1 Å². The summed E-state index contributed by atoms with van der Waals surface area (Å²) in [4.78, 5) is 30.0. The highest BCUT2D eigenvalue weighted by atomic mass is 16.5. The highest BCUT2D eigenvalue weighted by Gasteiger charge is 2.46. The van der Waals surface area contributed by atoms with E-state index < -0.39 is 17.7 Å². The number of aliphatic hydroxyl groups is 1. The van der Waals surface area contributed by atoms with Crippen LogP contribution in [0.1, 0.15) is 36.9 Å². The van der Waals surface area contributed by atoms with Crippen LogP contribution in [0, 0.1) is 0 Å². The van der Waals surface area contributed by atoms with Gasteiger partial charge in [-0.25, -0.2) is 0 Å². The predicted octanol–water partition coefficient (Wildman–Crippen LogP) is 3.87. The molecule has 1 N–H and O–H groups in total. The number of ketones is 1. The average Bonchev–Trinajstić information content (AvgIpc) is 3.15. The van der Waals surface area contributed by atoms with E-state index in [1.54, 1.807) is 36.4 Å². The van der Waals surface area contributed by atoms with Crippen molar-refractivity contribution in [2.75, 3.05) is 55.1 Å². The van der Waals surface area contributed by atoms with Gasteiger partial charge in [0.05, 0.1) is 39.6 Å². The standard InChI is InChI=1S/C28H36N2O7/c1-7-15-37-20-11-9-18(10-12-20)25(31)23-24(30(28(33)26(23)32)14-8-13-29(2)3)19-16-21(34-4)27(36-6)22(17-19)35-5/h9-12,16-17,24,31H,7-8,13-15H2,1-6H3/t24-/m1/s1. The number of carbonyl (C=O) groups excluding carboxylic acids is 2. The molecular weight excluding hydrogens is 476 g/mol. The Balaban J connectivity index is 2.15. The van der Waals surface area contributed by atoms with Crippen molar-refractivity contribution in [2.24, 2.45) is 0 Å². The van der Waals surface area contributed by atoms with Crippen LogP contribution in [0.25, 0.3) is 5.76 Å². The predicted molar refractivity (Wildman–Crippen MR) is 141 cm³/mol. The molecule has 1 aliphatic heterocycles. The van der Waals surface area contributed by atoms with E-state index in [4.69, 9.17) is 18.9 Å². The lowest BCUT2D eigenvalue weighted by molar-refractivity contribution is -0.139. The van der Waals surface area contributed by atoms with Gasteiger partial charge in [-0.1, -0.05) is 6.92 Å². The summed E-state index contributed by atoms with van der Waals surface area (Å²) >= 11 is 0. The second-order valence-corrected chi connectivity index (χ2v) is 8.98. The van der Waals surface area contributed by atoms with Crippen molar-refractivity contribution in [2.45, 2.75) is 25.8 Å². The molecule has 3 rings (SSSR count). The van der Waals surface area contributed by atoms with Gasteiger partial charge in [0.2, 0.25) is 5.75 Å². The molecule has 0 unspecified atom stereocenters. The molecule has 1 saturated heterocycles. The van der Waals surface area contributed by atoms with Crippen LogP contribution in [0.5, 0.6) is 23.0 Å². The van der Waals surface area contributed by atoms with E-state index in [0.29, 0.717) is 53.7 Å². The molecule has 1 heterocycles. The minimum Gasteiger partial charge on any atom is -0.507 e. The number of benzene rings is 2. The van der Waals surface area contributed by atoms with Crippen LogP contribution in [-0.2, 0) is 9.59 Å². The van der Waals surface area contributed by atoms with Crippen molar-refractivity contribution in [1.82, 2.24) is 9.80 Å². The Kier molecular flexibility index (Phi) is 9.41. The number of rotatable bonds is 12. The first kappa shape index (κ1) is 27.9. The molecule has 0 aromatic heterocycles. The number of Topliss-reactive ketones (excluding diaryl/α,β-unsaturated/α-hetero) is 1. The van der Waals surface area contributed by atoms with E-state index in [0.717, 1.165) is 13.0 Å². The minimum absolute atomic E-state index is 0.00588. The molecule has 0 saturated carbocycles. The molecule has 0 radical (unpaired) electrons. The van der Waals surface area contributed by atoms with Crippen LogP contribution in [0.4, 0.5) is 0 Å². The lowest BCUT2D eigenvalue weighted by Crippen LogP contribution is -2.32. The quantitative estimate of drug-likeness (QED) is 0.260. The van der Waals surface area contributed by atoms with E-state index in [9.17, 15) is 14.7 Å². The average molecular weight is 513 g/mol. The van der Waals surface area contributed by atoms with Gasteiger partial charge in [-0.05, 0) is 75.4 Å². The van der Waals surface area contributed by atoms with Gasteiger partial charge >= 0.3 is 0 Å². The third kappa shape index (κ3) is 5.99. The molecule has 200 valence electrons. The van der Waals surface area contributed by atoms with E-state index >= 15 is 0 Å². The van der Waals surface area contributed by atoms with Crippen LogP contribution in [0.3, 0.4) is 0 Å². The smallest absolute Gasteiger partial charge is 0.295 e. The first-order chi connectivity index (χ1) is 17.8. The van der Waals surface area contributed by atoms with E-state index in [1.807, 2.05) is 25.9 Å². The largest absolute Gasteiger partial charge is 0.507 e. The topological polar surface area (TPSA) is 97.8 Å². The molecule has 1 aliphatic rings. The fourth-order valence-corrected chi connectivity index (χ4v) is 4.36. The molecule has 2 aromatic rings. The first-order valence-corrected chi connectivity index (χ1v) is 12.2. The zero-order chi connectivity index (χ0) is 27.1. The fraction of sp³-hybridized carbons (Fsp3) is 0.429. The molecular formula is C28H36N2O7. The van der Waals surface area contributed by atoms with Crippen molar-refractivity contribution in [1.29, 1.82) is 0 Å². The van der Waals surface area contributed by atoms with Crippen LogP contribution in [0.2, 0.25) is 0 Å². The lowest BCUT2D eigenvalue weighted by atomic mass is 9.94. The van der Waals surface area contributed by atoms with Crippen molar-refractivity contribution in [3.05, 3.63) is 53.1 Å². The number of amides is 1. The zero-order valence-electron chi connectivity index (χ0n) is 22.4. The van der Waals surface area contributed by atoms with Crippen LogP contribution < -0.4 is 18.9 Å². The molecule has 9 nitrogen and oxygen atoms in total. The van der Waals surface area contributed by atoms with E-state index in [-0.39, 0.29) is 11.3 Å². The summed E-state index contributed by atoms with van der Waals surface area (Å²) in [7, 11) is 8.38. The first-order valence-electron chi connectivity index (χ1n) is 12.2. The minimum atomic E-state index is -0.841. The maximum atomic E-state index is 13.3. The molecule has 0 spiro atoms. The Morgan fingerprint density at radius 1 is 1.00 bits per heavy atom. The number of methoxy groups -OCH3 is 3. The number of carbonyl (C=O) groups is 2. The number of hydrogen-bond donors (Lipinski definition) is 1. The van der Waals surface area contributed by atoms with Crippen LogP contribution >= 0.6 is 0 Å². The zero-order valence-corrected chi connectivity index (χ0v) is 22.4. The summed E-state index contributed by atoms with van der Waals surface area (Å²) in [6, 6.07) is 9.36. The summed E-state index contributed by atoms with van der Waals surface area (Å²) in [6.07, 6.45) is 1.51. The summed E-state index contributed by atoms with van der Waals surface area (Å²) in [5, 5.41) is 11.3. The van der Waals surface area contributed by atoms with Gasteiger partial charge in [0.1, 0.15) is 11.5 Å². The Morgan fingerprint density at radius 3 is 2.14 bits per heavy atom. The van der Waals surface area contributed by atoms with Crippen LogP contribution in [0.15, 0.2) is 42.0 Å². The Morgan fingerprint density at radius 2 is 1.62 bits per heavy atom. The number of likely N-dealkylation sites (tertiary alicyclic amines) is 1. The Hall–Kier alpha value is -3.72. The molecule has 1 amide bonds. The third-order valence-electron chi connectivity index (χ3n) is 6.15. The molecule has 0 aliphatic carbocycles. The Bertz CT molecular complexity index is 1120. The van der Waals surface area contributed by atoms with Crippen molar-refractivity contribution in [3.63, 3.8) is 0 Å². The molecule has 37 heavy (non-hydrogen) atoms. The van der Waals surface area contributed by atoms with Gasteiger partial charge in [0.25, 0.3) is 11.7 Å². The van der Waals surface area contributed by atoms with Crippen molar-refractivity contribution in [3.8, 4) is 23.0 Å². The summed E-state index contributed by atoms with van der Waals surface area (Å²) < 4.78 is 22.1. The number of hydrogen-bond acceptors (Lipinski definition) is 8. The number of ether oxygens (including phenoxy) is 4. The monoisotopic (exact) mass is 512 g/mol. The summed E-state index contributed by atoms with van der Waals surface area (Å²) in [6.45, 7) is 3.64. The normalized spacial score (nSPS) is 16.8. The summed E-state index contributed by atoms with van der Waals surface area (Å²) in [5.74, 6) is 0.148. The molecule has 1 fully saturated rings. The highest BCUT2D eigenvalue weighted by molar-refractivity contribution is 6.46. The SMILES string of the molecule is CCCOc1ccc(C(O)=C2C(=O)C(=O)N(CCCN(C)C)[C@@H]2c2cc(OC)c(OC)c(OC)c2)cc1. The van der Waals surface area contributed by atoms with Gasteiger partial charge in [-0.2, -0.15) is 0 Å². The lowest BCUT2D eigenvalue weighted by Gasteiger charge is -2.27. The van der Waals surface area contributed by atoms with E-state index in [2.05, 4.69) is 0 Å². The second kappa shape index (κ2) is 12.5. The van der Waals surface area contributed by atoms with Gasteiger partial charge in [-0.3, -0.25) is 9.59 Å². The van der Waals surface area contributed by atoms with Gasteiger partial charge in [0.15, 0.2) is 11.5 Å². The molecule has 1 atom stereocenters. The van der Waals surface area contributed by atoms with E-state index in [1.165, 1.54) is 26.2 Å². The maximum Gasteiger partial charge on any atom is 0.295 e. The number of aliphatic hydroxyl groups excluding tert-OH is 1. The maximum absolute atomic E-state index is 13.3. The fourth-order valence-electron chi connectivity index (χ4n) is 4.36. The highest BCUT2D eigenvalue weighted by Crippen LogP contribution is 2.45. The molecule has 9 heteroatoms. The number of nitrogens with zero attached hydrogens (tertiary/aromatic N) is 2. The third-order valence-corrected chi connectivity index (χ3v) is 6.15. The molecule has 2 aromatic carbocycles. The van der Waals surface area contributed by atoms with Crippen LogP contribution in [-0.4, -0.2) is 81.7 Å². The molecule has 0 bridgehead atoms. The Labute approximate surface area is 218 Å². The van der Waals surface area contributed by atoms with Gasteiger partial charge < -0.3 is 33.9 Å². The summed E-state index contributed by atoms with van der Waals surface area (Å²) in [5.41, 5.74) is 0.974. The second-order valence-electron chi connectivity index (χ2n) is 8.98. The van der Waals surface area contributed by atoms with Gasteiger partial charge in [-0.15, -0.1) is 0 Å².